The number of anilines is 1. The van der Waals surface area contributed by atoms with Crippen molar-refractivity contribution in [3.8, 4) is 5.75 Å². The van der Waals surface area contributed by atoms with Crippen LogP contribution in [0.25, 0.3) is 5.52 Å². The normalized spacial score (nSPS) is 10.4. The van der Waals surface area contributed by atoms with Crippen LogP contribution in [-0.4, -0.2) is 22.6 Å². The number of hydrogen-bond donors (Lipinski definition) is 1. The Labute approximate surface area is 115 Å². The molecule has 3 aromatic rings. The lowest BCUT2D eigenvalue weighted by Gasteiger charge is -2.07. The van der Waals surface area contributed by atoms with Gasteiger partial charge in [0.15, 0.2) is 0 Å². The van der Waals surface area contributed by atoms with Crippen LogP contribution in [0.4, 0.5) is 5.69 Å². The van der Waals surface area contributed by atoms with E-state index in [0.29, 0.717) is 11.3 Å². The van der Waals surface area contributed by atoms with Crippen LogP contribution in [0.2, 0.25) is 0 Å². The summed E-state index contributed by atoms with van der Waals surface area (Å²) in [7, 11) is 1.57. The SMILES string of the molecule is COc1cccc(C(=O)Nc2ccn3nccc3c2)c1. The van der Waals surface area contributed by atoms with Crippen LogP contribution in [-0.2, 0) is 0 Å². The number of nitrogens with zero attached hydrogens (tertiary/aromatic N) is 2. The molecule has 0 unspecified atom stereocenters. The van der Waals surface area contributed by atoms with Crippen LogP contribution in [0.5, 0.6) is 5.75 Å². The van der Waals surface area contributed by atoms with Crippen LogP contribution in [0, 0.1) is 0 Å². The summed E-state index contributed by atoms with van der Waals surface area (Å²) in [6.07, 6.45) is 3.51. The van der Waals surface area contributed by atoms with Crippen molar-refractivity contribution in [3.05, 3.63) is 60.4 Å². The number of pyridine rings is 1. The summed E-state index contributed by atoms with van der Waals surface area (Å²) in [5.41, 5.74) is 2.21. The molecule has 2 heterocycles. The van der Waals surface area contributed by atoms with Crippen molar-refractivity contribution < 1.29 is 9.53 Å². The first-order valence-electron chi connectivity index (χ1n) is 6.15. The standard InChI is InChI=1S/C15H13N3O2/c1-20-14-4-2-3-11(9-14)15(19)17-12-6-8-18-13(10-12)5-7-16-18/h2-10H,1H3,(H,17,19). The molecule has 0 spiro atoms. The summed E-state index contributed by atoms with van der Waals surface area (Å²) in [5.74, 6) is 0.483. The fraction of sp³-hybridized carbons (Fsp3) is 0.0667. The monoisotopic (exact) mass is 267 g/mol. The number of ether oxygens (including phenoxy) is 1. The van der Waals surface area contributed by atoms with Crippen LogP contribution in [0.1, 0.15) is 10.4 Å². The Kier molecular flexibility index (Phi) is 3.09. The van der Waals surface area contributed by atoms with Gasteiger partial charge < -0.3 is 10.1 Å². The second kappa shape index (κ2) is 5.05. The third-order valence-electron chi connectivity index (χ3n) is 2.99. The molecular formula is C15H13N3O2. The average Bonchev–Trinajstić information content (AvgIpc) is 2.95. The third kappa shape index (κ3) is 2.33. The maximum atomic E-state index is 12.2. The van der Waals surface area contributed by atoms with E-state index in [4.69, 9.17) is 4.74 Å². The molecule has 0 bridgehead atoms. The molecule has 0 saturated carbocycles. The zero-order valence-electron chi connectivity index (χ0n) is 10.9. The molecule has 5 nitrogen and oxygen atoms in total. The first kappa shape index (κ1) is 12.2. The number of amides is 1. The number of hydrogen-bond acceptors (Lipinski definition) is 3. The molecule has 5 heteroatoms. The van der Waals surface area contributed by atoms with Crippen molar-refractivity contribution in [2.45, 2.75) is 0 Å². The van der Waals surface area contributed by atoms with Crippen molar-refractivity contribution in [2.24, 2.45) is 0 Å². The van der Waals surface area contributed by atoms with Crippen molar-refractivity contribution in [3.63, 3.8) is 0 Å². The Bertz CT molecular complexity index is 764. The number of nitrogens with one attached hydrogen (secondary N) is 1. The molecule has 0 aliphatic heterocycles. The van der Waals surface area contributed by atoms with E-state index in [2.05, 4.69) is 10.4 Å². The smallest absolute Gasteiger partial charge is 0.255 e. The molecule has 0 aliphatic carbocycles. The summed E-state index contributed by atoms with van der Waals surface area (Å²) in [4.78, 5) is 12.2. The van der Waals surface area contributed by atoms with Gasteiger partial charge in [-0.3, -0.25) is 4.79 Å². The van der Waals surface area contributed by atoms with Gasteiger partial charge in [-0.2, -0.15) is 5.10 Å². The summed E-state index contributed by atoms with van der Waals surface area (Å²) >= 11 is 0. The molecule has 0 aliphatic rings. The van der Waals surface area contributed by atoms with Gasteiger partial charge in [-0.05, 0) is 36.4 Å². The molecule has 20 heavy (non-hydrogen) atoms. The molecule has 0 radical (unpaired) electrons. The number of methoxy groups -OCH3 is 1. The summed E-state index contributed by atoms with van der Waals surface area (Å²) in [6, 6.07) is 12.6. The second-order valence-electron chi connectivity index (χ2n) is 4.30. The lowest BCUT2D eigenvalue weighted by molar-refractivity contribution is 0.102. The molecular weight excluding hydrogens is 254 g/mol. The van der Waals surface area contributed by atoms with Gasteiger partial charge in [0.2, 0.25) is 0 Å². The molecule has 100 valence electrons. The van der Waals surface area contributed by atoms with E-state index >= 15 is 0 Å². The maximum absolute atomic E-state index is 12.2. The van der Waals surface area contributed by atoms with Gasteiger partial charge in [0, 0.05) is 23.6 Å². The summed E-state index contributed by atoms with van der Waals surface area (Å²) in [6.45, 7) is 0. The quantitative estimate of drug-likeness (QED) is 0.793. The van der Waals surface area contributed by atoms with Crippen LogP contribution < -0.4 is 10.1 Å². The van der Waals surface area contributed by atoms with Gasteiger partial charge in [-0.1, -0.05) is 6.07 Å². The van der Waals surface area contributed by atoms with Gasteiger partial charge in [-0.25, -0.2) is 4.52 Å². The van der Waals surface area contributed by atoms with Gasteiger partial charge in [0.25, 0.3) is 5.91 Å². The molecule has 1 amide bonds. The number of rotatable bonds is 3. The number of carbonyl (C=O) groups excluding carboxylic acids is 1. The van der Waals surface area contributed by atoms with Gasteiger partial charge in [0.1, 0.15) is 5.75 Å². The molecule has 0 saturated heterocycles. The predicted octanol–water partition coefficient (Wildman–Crippen LogP) is 2.60. The Morgan fingerprint density at radius 1 is 1.25 bits per heavy atom. The van der Waals surface area contributed by atoms with Crippen molar-refractivity contribution in [1.82, 2.24) is 9.61 Å². The minimum Gasteiger partial charge on any atom is -0.497 e. The van der Waals surface area contributed by atoms with E-state index in [1.54, 1.807) is 54.4 Å². The van der Waals surface area contributed by atoms with Crippen LogP contribution in [0.15, 0.2) is 54.9 Å². The van der Waals surface area contributed by atoms with Crippen LogP contribution >= 0.6 is 0 Å². The number of carbonyl (C=O) groups is 1. The Hall–Kier alpha value is -2.82. The van der Waals surface area contributed by atoms with E-state index in [-0.39, 0.29) is 5.91 Å². The molecule has 0 atom stereocenters. The van der Waals surface area contributed by atoms with Crippen molar-refractivity contribution >= 4 is 17.1 Å². The van der Waals surface area contributed by atoms with E-state index in [1.807, 2.05) is 12.1 Å². The zero-order valence-corrected chi connectivity index (χ0v) is 10.9. The molecule has 0 fully saturated rings. The fourth-order valence-electron chi connectivity index (χ4n) is 1.97. The highest BCUT2D eigenvalue weighted by atomic mass is 16.5. The predicted molar refractivity (Wildman–Crippen MR) is 76.1 cm³/mol. The van der Waals surface area contributed by atoms with E-state index in [0.717, 1.165) is 11.2 Å². The fourth-order valence-corrected chi connectivity index (χ4v) is 1.97. The third-order valence-corrected chi connectivity index (χ3v) is 2.99. The molecule has 1 N–H and O–H groups in total. The van der Waals surface area contributed by atoms with Gasteiger partial charge in [-0.15, -0.1) is 0 Å². The first-order chi connectivity index (χ1) is 9.76. The highest BCUT2D eigenvalue weighted by Crippen LogP contribution is 2.16. The lowest BCUT2D eigenvalue weighted by Crippen LogP contribution is -2.12. The Morgan fingerprint density at radius 3 is 3.00 bits per heavy atom. The van der Waals surface area contributed by atoms with E-state index in [1.165, 1.54) is 0 Å². The molecule has 3 rings (SSSR count). The number of aromatic nitrogens is 2. The van der Waals surface area contributed by atoms with Gasteiger partial charge >= 0.3 is 0 Å². The van der Waals surface area contributed by atoms with Crippen molar-refractivity contribution in [2.75, 3.05) is 12.4 Å². The highest BCUT2D eigenvalue weighted by molar-refractivity contribution is 6.04. The second-order valence-corrected chi connectivity index (χ2v) is 4.30. The summed E-state index contributed by atoms with van der Waals surface area (Å²) < 4.78 is 6.85. The topological polar surface area (TPSA) is 55.6 Å². The molecule has 1 aromatic carbocycles. The Balaban J connectivity index is 1.83. The van der Waals surface area contributed by atoms with Crippen LogP contribution in [0.3, 0.4) is 0 Å². The minimum absolute atomic E-state index is 0.173. The summed E-state index contributed by atoms with van der Waals surface area (Å²) in [5, 5.41) is 6.96. The molecule has 2 aromatic heterocycles. The average molecular weight is 267 g/mol. The highest BCUT2D eigenvalue weighted by Gasteiger charge is 2.07. The largest absolute Gasteiger partial charge is 0.497 e. The minimum atomic E-state index is -0.173. The Morgan fingerprint density at radius 2 is 2.15 bits per heavy atom. The van der Waals surface area contributed by atoms with Gasteiger partial charge in [0.05, 0.1) is 12.6 Å². The number of benzene rings is 1. The first-order valence-corrected chi connectivity index (χ1v) is 6.15. The lowest BCUT2D eigenvalue weighted by atomic mass is 10.2. The van der Waals surface area contributed by atoms with E-state index < -0.39 is 0 Å². The van der Waals surface area contributed by atoms with E-state index in [9.17, 15) is 4.79 Å². The maximum Gasteiger partial charge on any atom is 0.255 e. The number of fused-ring (bicyclic) bond motifs is 1. The zero-order chi connectivity index (χ0) is 13.9. The van der Waals surface area contributed by atoms with Crippen molar-refractivity contribution in [1.29, 1.82) is 0 Å².